The number of ether oxygens (including phenoxy) is 3. The summed E-state index contributed by atoms with van der Waals surface area (Å²) in [5.41, 5.74) is 0.822. The van der Waals surface area contributed by atoms with Gasteiger partial charge in [-0.05, 0) is 56.7 Å². The van der Waals surface area contributed by atoms with Gasteiger partial charge in [0.25, 0.3) is 0 Å². The highest BCUT2D eigenvalue weighted by molar-refractivity contribution is 7.99. The molecular formula is C25H29N5O3S2. The zero-order chi connectivity index (χ0) is 23.7. The zero-order valence-corrected chi connectivity index (χ0v) is 21.4. The van der Waals surface area contributed by atoms with Gasteiger partial charge in [0, 0.05) is 47.4 Å². The van der Waals surface area contributed by atoms with Crippen molar-refractivity contribution < 1.29 is 14.2 Å². The number of thioether (sulfide) groups is 1. The maximum Gasteiger partial charge on any atom is 0.208 e. The molecule has 184 valence electrons. The van der Waals surface area contributed by atoms with Crippen LogP contribution >= 0.6 is 23.3 Å². The molecule has 1 spiro atoms. The zero-order valence-electron chi connectivity index (χ0n) is 19.7. The number of aryl methyl sites for hydroxylation is 1. The van der Waals surface area contributed by atoms with Gasteiger partial charge in [0.05, 0.1) is 12.3 Å². The van der Waals surface area contributed by atoms with Crippen LogP contribution in [0.5, 0.6) is 11.5 Å². The van der Waals surface area contributed by atoms with Gasteiger partial charge >= 0.3 is 0 Å². The molecule has 0 unspecified atom stereocenters. The summed E-state index contributed by atoms with van der Waals surface area (Å²) in [6, 6.07) is 5.82. The van der Waals surface area contributed by atoms with E-state index >= 15 is 0 Å². The van der Waals surface area contributed by atoms with Crippen molar-refractivity contribution in [2.45, 2.75) is 68.7 Å². The van der Waals surface area contributed by atoms with Gasteiger partial charge in [-0.3, -0.25) is 4.98 Å². The first kappa shape index (κ1) is 23.1. The number of nitrogens with zero attached hydrogens (tertiary/aromatic N) is 4. The average molecular weight is 512 g/mol. The maximum atomic E-state index is 6.30. The van der Waals surface area contributed by atoms with Crippen molar-refractivity contribution in [3.63, 3.8) is 0 Å². The van der Waals surface area contributed by atoms with Gasteiger partial charge in [0.15, 0.2) is 23.2 Å². The van der Waals surface area contributed by atoms with Crippen LogP contribution in [0.25, 0.3) is 0 Å². The first-order chi connectivity index (χ1) is 17.2. The molecular weight excluding hydrogens is 482 g/mol. The van der Waals surface area contributed by atoms with E-state index in [0.717, 1.165) is 47.9 Å². The molecule has 8 nitrogen and oxygen atoms in total. The molecule has 2 saturated carbocycles. The second-order valence-corrected chi connectivity index (χ2v) is 11.3. The molecule has 1 aliphatic heterocycles. The van der Waals surface area contributed by atoms with Gasteiger partial charge < -0.3 is 19.5 Å². The van der Waals surface area contributed by atoms with Crippen LogP contribution in [0.3, 0.4) is 0 Å². The minimum atomic E-state index is -0.445. The van der Waals surface area contributed by atoms with Gasteiger partial charge in [-0.2, -0.15) is 4.37 Å². The lowest BCUT2D eigenvalue weighted by molar-refractivity contribution is -0.188. The first-order valence-corrected chi connectivity index (χ1v) is 14.1. The van der Waals surface area contributed by atoms with Crippen molar-refractivity contribution in [1.29, 1.82) is 0 Å². The second-order valence-electron chi connectivity index (χ2n) is 9.43. The van der Waals surface area contributed by atoms with Crippen LogP contribution < -0.4 is 10.1 Å². The predicted molar refractivity (Wildman–Crippen MR) is 136 cm³/mol. The Balaban J connectivity index is 1.19. The molecule has 0 amide bonds. The third-order valence-electron chi connectivity index (χ3n) is 6.61. The van der Waals surface area contributed by atoms with Crippen molar-refractivity contribution in [3.05, 3.63) is 42.1 Å². The minimum Gasteiger partial charge on any atom is -0.452 e. The molecule has 1 saturated heterocycles. The fourth-order valence-corrected chi connectivity index (χ4v) is 6.12. The largest absolute Gasteiger partial charge is 0.452 e. The highest BCUT2D eigenvalue weighted by Gasteiger charge is 2.44. The Kier molecular flexibility index (Phi) is 6.62. The lowest BCUT2D eigenvalue weighted by Crippen LogP contribution is -2.32. The highest BCUT2D eigenvalue weighted by Crippen LogP contribution is 2.43. The Morgan fingerprint density at radius 1 is 1.20 bits per heavy atom. The molecule has 0 bridgehead atoms. The third-order valence-corrected chi connectivity index (χ3v) is 8.45. The molecule has 3 aromatic rings. The predicted octanol–water partition coefficient (Wildman–Crippen LogP) is 6.42. The molecule has 2 aliphatic carbocycles. The van der Waals surface area contributed by atoms with Crippen LogP contribution in [0.2, 0.25) is 0 Å². The van der Waals surface area contributed by atoms with Crippen LogP contribution in [0.4, 0.5) is 10.9 Å². The van der Waals surface area contributed by atoms with E-state index in [1.165, 1.54) is 30.8 Å². The van der Waals surface area contributed by atoms with Crippen LogP contribution in [-0.2, 0) is 9.47 Å². The standard InChI is InChI=1S/C25H29N5O3S2/c1-16-19(6-5-11-26-16)32-20-12-18(34-15-17-7-8-17)13-27-22(20)28-24-29-23(30-35-24)21-14-31-25(33-21)9-3-2-4-10-25/h5-6,11-13,17,21H,2-4,7-10,14-15H2,1H3,(H,27,28,29,30)/t21-/m1/s1. The van der Waals surface area contributed by atoms with E-state index < -0.39 is 5.79 Å². The number of rotatable bonds is 8. The summed E-state index contributed by atoms with van der Waals surface area (Å²) < 4.78 is 23.2. The summed E-state index contributed by atoms with van der Waals surface area (Å²) in [6.45, 7) is 2.43. The number of aromatic nitrogens is 4. The second kappa shape index (κ2) is 10.0. The van der Waals surface area contributed by atoms with E-state index in [9.17, 15) is 0 Å². The fraction of sp³-hybridized carbons (Fsp3) is 0.520. The monoisotopic (exact) mass is 511 g/mol. The van der Waals surface area contributed by atoms with E-state index in [2.05, 4.69) is 19.7 Å². The molecule has 3 aromatic heterocycles. The molecule has 10 heteroatoms. The van der Waals surface area contributed by atoms with E-state index in [1.54, 1.807) is 6.20 Å². The molecule has 0 aromatic carbocycles. The molecule has 1 N–H and O–H groups in total. The molecule has 3 aliphatic rings. The van der Waals surface area contributed by atoms with Gasteiger partial charge in [0.1, 0.15) is 11.9 Å². The van der Waals surface area contributed by atoms with Crippen molar-refractivity contribution >= 4 is 34.2 Å². The molecule has 0 radical (unpaired) electrons. The summed E-state index contributed by atoms with van der Waals surface area (Å²) in [5, 5.41) is 3.96. The quantitative estimate of drug-likeness (QED) is 0.344. The van der Waals surface area contributed by atoms with Crippen LogP contribution in [0.1, 0.15) is 62.6 Å². The highest BCUT2D eigenvalue weighted by atomic mass is 32.2. The number of anilines is 2. The van der Waals surface area contributed by atoms with E-state index in [-0.39, 0.29) is 6.10 Å². The Morgan fingerprint density at radius 2 is 2.09 bits per heavy atom. The number of hydrogen-bond donors (Lipinski definition) is 1. The van der Waals surface area contributed by atoms with Gasteiger partial charge in [-0.25, -0.2) is 9.97 Å². The summed E-state index contributed by atoms with van der Waals surface area (Å²) in [6.07, 6.45) is 11.5. The SMILES string of the molecule is Cc1ncccc1Oc1cc(SCC2CC2)cnc1Nc1nc([C@H]2COC3(CCCCC3)O2)ns1. The minimum absolute atomic E-state index is 0.233. The lowest BCUT2D eigenvalue weighted by Gasteiger charge is -2.31. The number of pyridine rings is 2. The Labute approximate surface area is 213 Å². The normalized spacial score (nSPS) is 21.3. The van der Waals surface area contributed by atoms with Crippen molar-refractivity contribution in [2.75, 3.05) is 17.7 Å². The van der Waals surface area contributed by atoms with Gasteiger partial charge in [-0.15, -0.1) is 11.8 Å². The molecule has 6 rings (SSSR count). The van der Waals surface area contributed by atoms with Crippen LogP contribution in [0, 0.1) is 12.8 Å². The van der Waals surface area contributed by atoms with Gasteiger partial charge in [-0.1, -0.05) is 6.42 Å². The Morgan fingerprint density at radius 3 is 2.91 bits per heavy atom. The number of nitrogens with one attached hydrogen (secondary N) is 1. The summed E-state index contributed by atoms with van der Waals surface area (Å²) >= 11 is 3.11. The average Bonchev–Trinajstić information content (AvgIpc) is 3.45. The molecule has 35 heavy (non-hydrogen) atoms. The van der Waals surface area contributed by atoms with Crippen molar-refractivity contribution in [2.24, 2.45) is 5.92 Å². The van der Waals surface area contributed by atoms with E-state index in [4.69, 9.17) is 19.2 Å². The van der Waals surface area contributed by atoms with Gasteiger partial charge in [0.2, 0.25) is 5.13 Å². The lowest BCUT2D eigenvalue weighted by atomic mass is 9.94. The molecule has 3 fully saturated rings. The summed E-state index contributed by atoms with van der Waals surface area (Å²) in [5.74, 6) is 4.09. The van der Waals surface area contributed by atoms with Crippen LogP contribution in [0.15, 0.2) is 35.5 Å². The fourth-order valence-electron chi connectivity index (χ4n) is 4.42. The van der Waals surface area contributed by atoms with Crippen molar-refractivity contribution in [3.8, 4) is 11.5 Å². The van der Waals surface area contributed by atoms with Crippen molar-refractivity contribution in [1.82, 2.24) is 19.3 Å². The Bertz CT molecular complexity index is 1180. The van der Waals surface area contributed by atoms with E-state index in [0.29, 0.717) is 34.9 Å². The third kappa shape index (κ3) is 5.45. The van der Waals surface area contributed by atoms with Crippen LogP contribution in [-0.4, -0.2) is 37.5 Å². The summed E-state index contributed by atoms with van der Waals surface area (Å²) in [7, 11) is 0. The van der Waals surface area contributed by atoms with E-state index in [1.807, 2.05) is 43.1 Å². The maximum absolute atomic E-state index is 6.30. The smallest absolute Gasteiger partial charge is 0.208 e. The number of hydrogen-bond acceptors (Lipinski definition) is 10. The first-order valence-electron chi connectivity index (χ1n) is 12.3. The Hall–Kier alpha value is -2.27. The molecule has 1 atom stereocenters. The topological polar surface area (TPSA) is 91.3 Å². The summed E-state index contributed by atoms with van der Waals surface area (Å²) in [4.78, 5) is 14.8. The molecule has 4 heterocycles.